The zero-order valence-corrected chi connectivity index (χ0v) is 9.06. The summed E-state index contributed by atoms with van der Waals surface area (Å²) in [4.78, 5) is 4.15. The number of aliphatic hydroxyl groups is 1. The second-order valence-corrected chi connectivity index (χ2v) is 4.17. The third-order valence-electron chi connectivity index (χ3n) is 2.74. The topological polar surface area (TPSA) is 68.4 Å². The maximum absolute atomic E-state index is 9.28. The predicted octanol–water partition coefficient (Wildman–Crippen LogP) is 1.54. The molecule has 0 radical (unpaired) electrons. The minimum Gasteiger partial charge on any atom is -0.384 e. The highest BCUT2D eigenvalue weighted by Gasteiger charge is 2.35. The highest BCUT2D eigenvalue weighted by molar-refractivity contribution is 5.01. The van der Waals surface area contributed by atoms with Crippen LogP contribution in [-0.4, -0.2) is 21.9 Å². The van der Waals surface area contributed by atoms with Crippen molar-refractivity contribution in [1.29, 1.82) is 0 Å². The van der Waals surface area contributed by atoms with Gasteiger partial charge in [0, 0.05) is 6.61 Å². The Morgan fingerprint density at radius 1 is 1.47 bits per heavy atom. The summed E-state index contributed by atoms with van der Waals surface area (Å²) in [6.45, 7) is 4.29. The van der Waals surface area contributed by atoms with Crippen LogP contribution in [0.5, 0.6) is 0 Å². The van der Waals surface area contributed by atoms with Gasteiger partial charge in [-0.25, -0.2) is 0 Å². The molecule has 1 aliphatic rings. The lowest BCUT2D eigenvalue weighted by Crippen LogP contribution is -2.31. The molecule has 15 heavy (non-hydrogen) atoms. The molecule has 5 nitrogen and oxygen atoms in total. The van der Waals surface area contributed by atoms with Crippen LogP contribution in [0.25, 0.3) is 0 Å². The van der Waals surface area contributed by atoms with Crippen LogP contribution in [0, 0.1) is 0 Å². The van der Waals surface area contributed by atoms with Crippen molar-refractivity contribution >= 4 is 0 Å². The van der Waals surface area contributed by atoms with Crippen molar-refractivity contribution in [3.8, 4) is 0 Å². The van der Waals surface area contributed by atoms with Gasteiger partial charge in [-0.2, -0.15) is 4.98 Å². The van der Waals surface area contributed by atoms with Gasteiger partial charge in [-0.05, 0) is 33.1 Å². The fourth-order valence-corrected chi connectivity index (χ4v) is 1.73. The van der Waals surface area contributed by atoms with Gasteiger partial charge >= 0.3 is 0 Å². The van der Waals surface area contributed by atoms with Crippen molar-refractivity contribution in [2.45, 2.75) is 44.8 Å². The van der Waals surface area contributed by atoms with Crippen LogP contribution in [0.4, 0.5) is 0 Å². The molecule has 2 heterocycles. The van der Waals surface area contributed by atoms with Gasteiger partial charge in [0.15, 0.2) is 0 Å². The monoisotopic (exact) mass is 212 g/mol. The van der Waals surface area contributed by atoms with E-state index >= 15 is 0 Å². The summed E-state index contributed by atoms with van der Waals surface area (Å²) < 4.78 is 10.6. The number of hydrogen-bond donors (Lipinski definition) is 1. The lowest BCUT2D eigenvalue weighted by molar-refractivity contribution is -0.0770. The van der Waals surface area contributed by atoms with Crippen LogP contribution in [-0.2, 0) is 10.3 Å². The number of rotatable bonds is 2. The van der Waals surface area contributed by atoms with E-state index < -0.39 is 11.7 Å². The summed E-state index contributed by atoms with van der Waals surface area (Å²) in [7, 11) is 0. The average Bonchev–Trinajstić information content (AvgIpc) is 2.68. The van der Waals surface area contributed by atoms with Gasteiger partial charge in [-0.15, -0.1) is 0 Å². The molecule has 0 saturated carbocycles. The predicted molar refractivity (Wildman–Crippen MR) is 52.1 cm³/mol. The Morgan fingerprint density at radius 3 is 2.80 bits per heavy atom. The van der Waals surface area contributed by atoms with E-state index in [2.05, 4.69) is 10.1 Å². The van der Waals surface area contributed by atoms with Gasteiger partial charge in [-0.1, -0.05) is 5.16 Å². The van der Waals surface area contributed by atoms with Crippen molar-refractivity contribution < 1.29 is 14.4 Å². The number of hydrogen-bond acceptors (Lipinski definition) is 5. The summed E-state index contributed by atoms with van der Waals surface area (Å²) >= 11 is 0. The van der Waals surface area contributed by atoms with Crippen molar-refractivity contribution in [2.24, 2.45) is 0 Å². The SMILES string of the molecule is CC(O)c1nc(C2(C)CCCCO2)no1. The Morgan fingerprint density at radius 2 is 2.27 bits per heavy atom. The standard InChI is InChI=1S/C10H16N2O3/c1-7(13)8-11-9(12-15-8)10(2)5-3-4-6-14-10/h7,13H,3-6H2,1-2H3. The van der Waals surface area contributed by atoms with Crippen molar-refractivity contribution in [3.05, 3.63) is 11.7 Å². The first kappa shape index (κ1) is 10.6. The number of aliphatic hydroxyl groups excluding tert-OH is 1. The molecule has 1 saturated heterocycles. The summed E-state index contributed by atoms with van der Waals surface area (Å²) in [6, 6.07) is 0. The molecular weight excluding hydrogens is 196 g/mol. The van der Waals surface area contributed by atoms with E-state index in [4.69, 9.17) is 9.26 Å². The maximum atomic E-state index is 9.28. The molecule has 5 heteroatoms. The maximum Gasteiger partial charge on any atom is 0.255 e. The molecular formula is C10H16N2O3. The molecule has 2 atom stereocenters. The normalized spacial score (nSPS) is 29.0. The van der Waals surface area contributed by atoms with E-state index in [1.807, 2.05) is 6.92 Å². The number of aromatic nitrogens is 2. The minimum atomic E-state index is -0.724. The van der Waals surface area contributed by atoms with E-state index in [0.29, 0.717) is 5.82 Å². The third-order valence-corrected chi connectivity index (χ3v) is 2.74. The third kappa shape index (κ3) is 2.03. The van der Waals surface area contributed by atoms with E-state index in [1.54, 1.807) is 6.92 Å². The van der Waals surface area contributed by atoms with Crippen molar-refractivity contribution in [1.82, 2.24) is 10.1 Å². The second-order valence-electron chi connectivity index (χ2n) is 4.17. The van der Waals surface area contributed by atoms with Gasteiger partial charge in [-0.3, -0.25) is 0 Å². The van der Waals surface area contributed by atoms with E-state index in [-0.39, 0.29) is 5.89 Å². The van der Waals surface area contributed by atoms with Gasteiger partial charge in [0.05, 0.1) is 0 Å². The fraction of sp³-hybridized carbons (Fsp3) is 0.800. The van der Waals surface area contributed by atoms with Crippen LogP contribution in [0.2, 0.25) is 0 Å². The van der Waals surface area contributed by atoms with Crippen molar-refractivity contribution in [2.75, 3.05) is 6.61 Å². The van der Waals surface area contributed by atoms with Gasteiger partial charge in [0.1, 0.15) is 11.7 Å². The van der Waals surface area contributed by atoms with Gasteiger partial charge in [0.25, 0.3) is 5.89 Å². The minimum absolute atomic E-state index is 0.250. The van der Waals surface area contributed by atoms with Crippen LogP contribution < -0.4 is 0 Å². The Labute approximate surface area is 88.4 Å². The molecule has 2 rings (SSSR count). The molecule has 0 amide bonds. The smallest absolute Gasteiger partial charge is 0.255 e. The molecule has 0 aromatic carbocycles. The summed E-state index contributed by atoms with van der Waals surface area (Å²) in [5.74, 6) is 0.790. The molecule has 84 valence electrons. The lowest BCUT2D eigenvalue weighted by atomic mass is 9.95. The van der Waals surface area contributed by atoms with Crippen LogP contribution >= 0.6 is 0 Å². The molecule has 0 spiro atoms. The zero-order chi connectivity index (χ0) is 10.9. The average molecular weight is 212 g/mol. The molecule has 1 aromatic heterocycles. The van der Waals surface area contributed by atoms with E-state index in [1.165, 1.54) is 0 Å². The Balaban J connectivity index is 2.20. The lowest BCUT2D eigenvalue weighted by Gasteiger charge is -2.30. The van der Waals surface area contributed by atoms with Crippen LogP contribution in [0.3, 0.4) is 0 Å². The van der Waals surface area contributed by atoms with E-state index in [0.717, 1.165) is 25.9 Å². The first-order valence-corrected chi connectivity index (χ1v) is 5.28. The highest BCUT2D eigenvalue weighted by atomic mass is 16.5. The van der Waals surface area contributed by atoms with E-state index in [9.17, 15) is 5.11 Å². The first-order chi connectivity index (χ1) is 7.12. The molecule has 0 aliphatic carbocycles. The van der Waals surface area contributed by atoms with Crippen molar-refractivity contribution in [3.63, 3.8) is 0 Å². The number of ether oxygens (including phenoxy) is 1. The second kappa shape index (κ2) is 3.90. The van der Waals surface area contributed by atoms with Gasteiger partial charge in [0.2, 0.25) is 5.82 Å². The number of nitrogens with zero attached hydrogens (tertiary/aromatic N) is 2. The van der Waals surface area contributed by atoms with Crippen LogP contribution in [0.1, 0.15) is 50.9 Å². The molecule has 1 aromatic rings. The summed E-state index contributed by atoms with van der Waals surface area (Å²) in [6.07, 6.45) is 2.36. The zero-order valence-electron chi connectivity index (χ0n) is 9.06. The molecule has 1 N–H and O–H groups in total. The molecule has 1 aliphatic heterocycles. The molecule has 2 unspecified atom stereocenters. The Kier molecular flexibility index (Phi) is 2.75. The molecule has 1 fully saturated rings. The summed E-state index contributed by atoms with van der Waals surface area (Å²) in [5.41, 5.74) is -0.450. The quantitative estimate of drug-likeness (QED) is 0.805. The van der Waals surface area contributed by atoms with Crippen LogP contribution in [0.15, 0.2) is 4.52 Å². The largest absolute Gasteiger partial charge is 0.384 e. The molecule has 0 bridgehead atoms. The van der Waals surface area contributed by atoms with Gasteiger partial charge < -0.3 is 14.4 Å². The highest BCUT2D eigenvalue weighted by Crippen LogP contribution is 2.33. The summed E-state index contributed by atoms with van der Waals surface area (Å²) in [5, 5.41) is 13.1. The first-order valence-electron chi connectivity index (χ1n) is 5.28. The Bertz CT molecular complexity index is 329. The Hall–Kier alpha value is -0.940. The fourth-order valence-electron chi connectivity index (χ4n) is 1.73.